The Kier molecular flexibility index (Phi) is 4.64. The third-order valence-electron chi connectivity index (χ3n) is 3.05. The molecule has 0 aliphatic carbocycles. The van der Waals surface area contributed by atoms with Gasteiger partial charge in [0, 0.05) is 32.1 Å². The fourth-order valence-corrected chi connectivity index (χ4v) is 1.61. The molecule has 0 fully saturated rings. The van der Waals surface area contributed by atoms with Gasteiger partial charge >= 0.3 is 0 Å². The zero-order valence-electron chi connectivity index (χ0n) is 9.66. The number of hydrogen-bond donors (Lipinski definition) is 0. The summed E-state index contributed by atoms with van der Waals surface area (Å²) >= 11 is 0. The van der Waals surface area contributed by atoms with Crippen molar-refractivity contribution < 1.29 is 20.1 Å². The zero-order valence-corrected chi connectivity index (χ0v) is 12.1. The number of dihydropyridines is 1. The summed E-state index contributed by atoms with van der Waals surface area (Å²) < 4.78 is 0. The molecule has 1 radical (unpaired) electrons. The van der Waals surface area contributed by atoms with Gasteiger partial charge in [0.25, 0.3) is 0 Å². The van der Waals surface area contributed by atoms with Gasteiger partial charge in [0.1, 0.15) is 0 Å². The Bertz CT molecular complexity index is 394. The van der Waals surface area contributed by atoms with Gasteiger partial charge in [0.05, 0.1) is 0 Å². The largest absolute Gasteiger partial charge is 0.332 e. The van der Waals surface area contributed by atoms with Gasteiger partial charge in [0.15, 0.2) is 0 Å². The summed E-state index contributed by atoms with van der Waals surface area (Å²) in [6, 6.07) is 11.2. The fourth-order valence-electron chi connectivity index (χ4n) is 1.61. The van der Waals surface area contributed by atoms with Crippen LogP contribution in [0.4, 0.5) is 0 Å². The van der Waals surface area contributed by atoms with E-state index in [0.29, 0.717) is 0 Å². The van der Waals surface area contributed by atoms with Crippen LogP contribution in [0.3, 0.4) is 0 Å². The second-order valence-corrected chi connectivity index (χ2v) is 4.32. The molecule has 0 amide bonds. The van der Waals surface area contributed by atoms with Crippen LogP contribution in [0.1, 0.15) is 25.8 Å². The molecule has 0 bridgehead atoms. The molecule has 0 aromatic heterocycles. The van der Waals surface area contributed by atoms with E-state index in [9.17, 15) is 0 Å². The maximum atomic E-state index is 4.62. The molecule has 1 aliphatic heterocycles. The zero-order chi connectivity index (χ0) is 10.7. The number of rotatable bonds is 2. The molecule has 2 heteroatoms. The molecule has 87 valence electrons. The van der Waals surface area contributed by atoms with Crippen LogP contribution in [-0.4, -0.2) is 12.3 Å². The quantitative estimate of drug-likeness (QED) is 0.688. The molecule has 2 rings (SSSR count). The van der Waals surface area contributed by atoms with E-state index in [4.69, 9.17) is 0 Å². The number of benzene rings is 1. The molecule has 1 aromatic carbocycles. The standard InChI is InChI=1S/C14H16N.Ir/c1-3-14(2)10-9-13(15-11-14)12-7-5-4-6-8-12;/h4-7,9-10H,3,11H2,1-2H3;/q-1;. The molecule has 1 heterocycles. The van der Waals surface area contributed by atoms with Crippen molar-refractivity contribution >= 4 is 5.71 Å². The molecule has 1 aliphatic rings. The average Bonchev–Trinajstić information content (AvgIpc) is 2.31. The Morgan fingerprint density at radius 1 is 1.44 bits per heavy atom. The Hall–Kier alpha value is -0.721. The van der Waals surface area contributed by atoms with Crippen molar-refractivity contribution in [2.75, 3.05) is 6.54 Å². The number of aliphatic imine (C=N–C) groups is 1. The van der Waals surface area contributed by atoms with E-state index >= 15 is 0 Å². The minimum Gasteiger partial charge on any atom is -0.332 e. The molecule has 0 N–H and O–H groups in total. The van der Waals surface area contributed by atoms with E-state index in [1.54, 1.807) is 0 Å². The van der Waals surface area contributed by atoms with Gasteiger partial charge < -0.3 is 4.99 Å². The summed E-state index contributed by atoms with van der Waals surface area (Å²) in [5, 5.41) is 0. The smallest absolute Gasteiger partial charge is 0.0377 e. The van der Waals surface area contributed by atoms with Crippen molar-refractivity contribution in [3.8, 4) is 0 Å². The third kappa shape index (κ3) is 2.90. The SMILES string of the molecule is CCC1(C)C=CC(c2[c-]cccc2)=NC1.[Ir]. The van der Waals surface area contributed by atoms with E-state index in [0.717, 1.165) is 24.2 Å². The number of hydrogen-bond acceptors (Lipinski definition) is 1. The first-order valence-electron chi connectivity index (χ1n) is 5.44. The summed E-state index contributed by atoms with van der Waals surface area (Å²) in [5.41, 5.74) is 2.39. The summed E-state index contributed by atoms with van der Waals surface area (Å²) in [4.78, 5) is 4.62. The molecule has 0 spiro atoms. The van der Waals surface area contributed by atoms with Crippen molar-refractivity contribution in [3.05, 3.63) is 48.0 Å². The first-order chi connectivity index (χ1) is 7.23. The monoisotopic (exact) mass is 391 g/mol. The van der Waals surface area contributed by atoms with Gasteiger partial charge in [-0.3, -0.25) is 0 Å². The normalized spacial score (nSPS) is 23.5. The summed E-state index contributed by atoms with van der Waals surface area (Å²) in [7, 11) is 0. The van der Waals surface area contributed by atoms with Gasteiger partial charge in [-0.25, -0.2) is 0 Å². The maximum absolute atomic E-state index is 4.62. The molecule has 1 nitrogen and oxygen atoms in total. The summed E-state index contributed by atoms with van der Waals surface area (Å²) in [6.07, 6.45) is 5.54. The van der Waals surface area contributed by atoms with Crippen LogP contribution in [-0.2, 0) is 20.1 Å². The van der Waals surface area contributed by atoms with Crippen molar-refractivity contribution in [2.45, 2.75) is 20.3 Å². The molecule has 16 heavy (non-hydrogen) atoms. The second-order valence-electron chi connectivity index (χ2n) is 4.32. The molecule has 1 atom stereocenters. The summed E-state index contributed by atoms with van der Waals surface area (Å²) in [6.45, 7) is 5.34. The summed E-state index contributed by atoms with van der Waals surface area (Å²) in [5.74, 6) is 0. The Morgan fingerprint density at radius 3 is 2.75 bits per heavy atom. The van der Waals surface area contributed by atoms with Gasteiger partial charge in [0.2, 0.25) is 0 Å². The van der Waals surface area contributed by atoms with E-state index in [1.165, 1.54) is 0 Å². The molecular formula is C14H16IrN-. The van der Waals surface area contributed by atoms with Crippen LogP contribution in [0.2, 0.25) is 0 Å². The van der Waals surface area contributed by atoms with Crippen molar-refractivity contribution in [1.29, 1.82) is 0 Å². The van der Waals surface area contributed by atoms with Crippen molar-refractivity contribution in [3.63, 3.8) is 0 Å². The first-order valence-corrected chi connectivity index (χ1v) is 5.44. The van der Waals surface area contributed by atoms with Crippen molar-refractivity contribution in [2.24, 2.45) is 10.4 Å². The predicted molar refractivity (Wildman–Crippen MR) is 64.2 cm³/mol. The van der Waals surface area contributed by atoms with E-state index in [2.05, 4.69) is 43.1 Å². The van der Waals surface area contributed by atoms with E-state index in [1.807, 2.05) is 18.2 Å². The Balaban J connectivity index is 0.00000128. The molecule has 0 saturated carbocycles. The van der Waals surface area contributed by atoms with Gasteiger partial charge in [-0.1, -0.05) is 26.0 Å². The molecule has 0 saturated heterocycles. The van der Waals surface area contributed by atoms with Gasteiger partial charge in [-0.2, -0.15) is 0 Å². The Labute approximate surface area is 111 Å². The Morgan fingerprint density at radius 2 is 2.25 bits per heavy atom. The van der Waals surface area contributed by atoms with Crippen LogP contribution < -0.4 is 0 Å². The van der Waals surface area contributed by atoms with Crippen LogP contribution in [0.15, 0.2) is 41.4 Å². The third-order valence-corrected chi connectivity index (χ3v) is 3.05. The second kappa shape index (κ2) is 5.56. The maximum Gasteiger partial charge on any atom is 0.0377 e. The molecular weight excluding hydrogens is 374 g/mol. The van der Waals surface area contributed by atoms with Gasteiger partial charge in [-0.05, 0) is 12.1 Å². The fraction of sp³-hybridized carbons (Fsp3) is 0.357. The predicted octanol–water partition coefficient (Wildman–Crippen LogP) is 3.26. The van der Waals surface area contributed by atoms with E-state index in [-0.39, 0.29) is 25.5 Å². The van der Waals surface area contributed by atoms with Crippen LogP contribution in [0.5, 0.6) is 0 Å². The van der Waals surface area contributed by atoms with Crippen LogP contribution >= 0.6 is 0 Å². The molecule has 1 aromatic rings. The minimum atomic E-state index is 0. The van der Waals surface area contributed by atoms with Crippen LogP contribution in [0.25, 0.3) is 0 Å². The number of nitrogens with zero attached hydrogens (tertiary/aromatic N) is 1. The molecule has 1 unspecified atom stereocenters. The van der Waals surface area contributed by atoms with E-state index < -0.39 is 0 Å². The van der Waals surface area contributed by atoms with Gasteiger partial charge in [-0.15, -0.1) is 35.9 Å². The van der Waals surface area contributed by atoms with Crippen molar-refractivity contribution in [1.82, 2.24) is 0 Å². The van der Waals surface area contributed by atoms with Crippen LogP contribution in [0, 0.1) is 11.5 Å². The minimum absolute atomic E-state index is 0. The number of allylic oxidation sites excluding steroid dienone is 1. The average molecular weight is 391 g/mol. The topological polar surface area (TPSA) is 12.4 Å². The first kappa shape index (κ1) is 13.3.